The predicted molar refractivity (Wildman–Crippen MR) is 46.3 cm³/mol. The summed E-state index contributed by atoms with van der Waals surface area (Å²) in [6, 6.07) is 0.828. The lowest BCUT2D eigenvalue weighted by Gasteiger charge is -2.13. The molecule has 0 saturated heterocycles. The minimum atomic E-state index is -4.90. The Bertz CT molecular complexity index is 376. The summed E-state index contributed by atoms with van der Waals surface area (Å²) in [6.45, 7) is 0. The lowest BCUT2D eigenvalue weighted by molar-refractivity contribution is -0.140. The second-order valence-electron chi connectivity index (χ2n) is 2.59. The van der Waals surface area contributed by atoms with Crippen LogP contribution in [0.4, 0.5) is 27.8 Å². The molecule has 0 aromatic carbocycles. The molecule has 0 spiro atoms. The Morgan fingerprint density at radius 1 is 1.33 bits per heavy atom. The number of halogens is 6. The van der Waals surface area contributed by atoms with E-state index in [0.29, 0.717) is 0 Å². The molecule has 0 unspecified atom stereocenters. The predicted octanol–water partition coefficient (Wildman–Crippen LogP) is 3.38. The first kappa shape index (κ1) is 12.2. The minimum absolute atomic E-state index is 0.398. The molecule has 2 N–H and O–H groups in total. The monoisotopic (exact) mass is 290 g/mol. The summed E-state index contributed by atoms with van der Waals surface area (Å²) in [5, 5.41) is 0. The first-order chi connectivity index (χ1) is 6.73. The Morgan fingerprint density at radius 3 is 2.27 bits per heavy atom. The Hall–Kier alpha value is -0.920. The van der Waals surface area contributed by atoms with E-state index in [-0.39, 0.29) is 0 Å². The van der Waals surface area contributed by atoms with Gasteiger partial charge >= 0.3 is 6.18 Å². The Kier molecular flexibility index (Phi) is 3.17. The first-order valence-electron chi connectivity index (χ1n) is 3.54. The molecule has 0 amide bonds. The van der Waals surface area contributed by atoms with Crippen LogP contribution in [-0.4, -0.2) is 4.98 Å². The number of hydrogen-bond acceptors (Lipinski definition) is 2. The summed E-state index contributed by atoms with van der Waals surface area (Å²) in [4.78, 5) is 2.98. The maximum atomic E-state index is 12.4. The summed E-state index contributed by atoms with van der Waals surface area (Å²) in [5.41, 5.74) is 2.21. The van der Waals surface area contributed by atoms with Crippen LogP contribution in [0.15, 0.2) is 10.5 Å². The zero-order valence-corrected chi connectivity index (χ0v) is 8.53. The van der Waals surface area contributed by atoms with E-state index in [2.05, 4.69) is 20.9 Å². The van der Waals surface area contributed by atoms with Crippen LogP contribution in [-0.2, 0) is 6.18 Å². The average molecular weight is 291 g/mol. The van der Waals surface area contributed by atoms with E-state index >= 15 is 0 Å². The molecule has 0 radical (unpaired) electrons. The van der Waals surface area contributed by atoms with Crippen LogP contribution in [0.25, 0.3) is 0 Å². The number of nitrogens with two attached hydrogens (primary N) is 1. The fourth-order valence-electron chi connectivity index (χ4n) is 0.990. The molecular weight excluding hydrogens is 287 g/mol. The van der Waals surface area contributed by atoms with Crippen molar-refractivity contribution in [1.29, 1.82) is 0 Å². The highest BCUT2D eigenvalue weighted by atomic mass is 79.9. The van der Waals surface area contributed by atoms with Crippen molar-refractivity contribution in [2.75, 3.05) is 5.73 Å². The number of hydrogen-bond donors (Lipinski definition) is 1. The molecule has 84 valence electrons. The summed E-state index contributed by atoms with van der Waals surface area (Å²) < 4.78 is 61.1. The van der Waals surface area contributed by atoms with Crippen molar-refractivity contribution in [3.63, 3.8) is 0 Å². The van der Waals surface area contributed by atoms with Crippen LogP contribution in [0.1, 0.15) is 17.7 Å². The van der Waals surface area contributed by atoms with Gasteiger partial charge < -0.3 is 5.73 Å². The van der Waals surface area contributed by atoms with Crippen LogP contribution in [0.5, 0.6) is 0 Å². The number of nitrogen functional groups attached to an aromatic ring is 1. The van der Waals surface area contributed by atoms with Gasteiger partial charge in [-0.05, 0) is 22.0 Å². The zero-order chi connectivity index (χ0) is 11.8. The van der Waals surface area contributed by atoms with Crippen LogP contribution in [0.2, 0.25) is 0 Å². The van der Waals surface area contributed by atoms with Crippen molar-refractivity contribution in [1.82, 2.24) is 4.98 Å². The molecule has 1 heterocycles. The Balaban J connectivity index is 3.48. The van der Waals surface area contributed by atoms with Crippen LogP contribution >= 0.6 is 15.9 Å². The van der Waals surface area contributed by atoms with Gasteiger partial charge in [0.15, 0.2) is 0 Å². The molecule has 0 aliphatic heterocycles. The van der Waals surface area contributed by atoms with Gasteiger partial charge in [-0.3, -0.25) is 0 Å². The van der Waals surface area contributed by atoms with Gasteiger partial charge in [0.25, 0.3) is 6.43 Å². The molecule has 8 heteroatoms. The topological polar surface area (TPSA) is 38.9 Å². The van der Waals surface area contributed by atoms with Crippen molar-refractivity contribution in [2.45, 2.75) is 12.6 Å². The third-order valence-electron chi connectivity index (χ3n) is 1.51. The van der Waals surface area contributed by atoms with Gasteiger partial charge in [0.1, 0.15) is 11.5 Å². The highest BCUT2D eigenvalue weighted by Gasteiger charge is 2.39. The molecule has 1 aromatic heterocycles. The second-order valence-corrected chi connectivity index (χ2v) is 3.44. The van der Waals surface area contributed by atoms with E-state index in [1.54, 1.807) is 0 Å². The van der Waals surface area contributed by atoms with Crippen molar-refractivity contribution in [3.8, 4) is 0 Å². The standard InChI is InChI=1S/C7H4BrF5N2/c8-2-1-3(14)15-5(6(9)10)4(2)7(11,12)13/h1,6H,(H2,14,15). The molecule has 0 aliphatic rings. The largest absolute Gasteiger partial charge is 0.419 e. The number of rotatable bonds is 1. The van der Waals surface area contributed by atoms with Gasteiger partial charge in [0.2, 0.25) is 0 Å². The summed E-state index contributed by atoms with van der Waals surface area (Å²) >= 11 is 2.53. The highest BCUT2D eigenvalue weighted by Crippen LogP contribution is 2.40. The SMILES string of the molecule is Nc1cc(Br)c(C(F)(F)F)c(C(F)F)n1. The van der Waals surface area contributed by atoms with Gasteiger partial charge in [-0.2, -0.15) is 13.2 Å². The number of nitrogens with zero attached hydrogens (tertiary/aromatic N) is 1. The third-order valence-corrected chi connectivity index (χ3v) is 2.13. The normalized spacial score (nSPS) is 12.2. The lowest BCUT2D eigenvalue weighted by Crippen LogP contribution is -2.13. The Labute approximate surface area is 89.4 Å². The molecule has 0 saturated carbocycles. The van der Waals surface area contributed by atoms with Gasteiger partial charge in [0.05, 0.1) is 5.56 Å². The van der Waals surface area contributed by atoms with Crippen LogP contribution in [0.3, 0.4) is 0 Å². The smallest absolute Gasteiger partial charge is 0.384 e. The zero-order valence-electron chi connectivity index (χ0n) is 6.95. The lowest BCUT2D eigenvalue weighted by atomic mass is 10.2. The van der Waals surface area contributed by atoms with Crippen molar-refractivity contribution in [3.05, 3.63) is 21.8 Å². The fourth-order valence-corrected chi connectivity index (χ4v) is 1.65. The van der Waals surface area contributed by atoms with E-state index in [9.17, 15) is 22.0 Å². The molecular formula is C7H4BrF5N2. The fraction of sp³-hybridized carbons (Fsp3) is 0.286. The first-order valence-corrected chi connectivity index (χ1v) is 4.34. The van der Waals surface area contributed by atoms with Gasteiger partial charge in [-0.25, -0.2) is 13.8 Å². The van der Waals surface area contributed by atoms with E-state index < -0.39 is 34.1 Å². The molecule has 15 heavy (non-hydrogen) atoms. The van der Waals surface area contributed by atoms with Gasteiger partial charge in [0, 0.05) is 4.47 Å². The summed E-state index contributed by atoms with van der Waals surface area (Å²) in [7, 11) is 0. The molecule has 1 aromatic rings. The van der Waals surface area contributed by atoms with Gasteiger partial charge in [-0.15, -0.1) is 0 Å². The van der Waals surface area contributed by atoms with Crippen LogP contribution < -0.4 is 5.73 Å². The number of anilines is 1. The van der Waals surface area contributed by atoms with E-state index in [4.69, 9.17) is 5.73 Å². The maximum Gasteiger partial charge on any atom is 0.419 e. The van der Waals surface area contributed by atoms with Crippen molar-refractivity contribution >= 4 is 21.7 Å². The Morgan fingerprint density at radius 2 is 1.87 bits per heavy atom. The number of aromatic nitrogens is 1. The van der Waals surface area contributed by atoms with E-state index in [0.717, 1.165) is 6.07 Å². The van der Waals surface area contributed by atoms with Gasteiger partial charge in [-0.1, -0.05) is 0 Å². The molecule has 0 bridgehead atoms. The van der Waals surface area contributed by atoms with Crippen molar-refractivity contribution < 1.29 is 22.0 Å². The number of pyridine rings is 1. The second kappa shape index (κ2) is 3.92. The highest BCUT2D eigenvalue weighted by molar-refractivity contribution is 9.10. The minimum Gasteiger partial charge on any atom is -0.384 e. The van der Waals surface area contributed by atoms with Crippen molar-refractivity contribution in [2.24, 2.45) is 0 Å². The third kappa shape index (κ3) is 2.55. The summed E-state index contributed by atoms with van der Waals surface area (Å²) in [5.74, 6) is -0.398. The molecule has 0 aliphatic carbocycles. The van der Waals surface area contributed by atoms with E-state index in [1.807, 2.05) is 0 Å². The van der Waals surface area contributed by atoms with Crippen LogP contribution in [0, 0.1) is 0 Å². The maximum absolute atomic E-state index is 12.4. The molecule has 1 rings (SSSR count). The molecule has 0 fully saturated rings. The summed E-state index contributed by atoms with van der Waals surface area (Å²) in [6.07, 6.45) is -8.23. The quantitative estimate of drug-likeness (QED) is 0.805. The molecule has 0 atom stereocenters. The number of alkyl halides is 5. The average Bonchev–Trinajstić information content (AvgIpc) is 1.99. The van der Waals surface area contributed by atoms with E-state index in [1.165, 1.54) is 0 Å². The molecule has 2 nitrogen and oxygen atoms in total.